The van der Waals surface area contributed by atoms with E-state index in [1.165, 1.54) is 18.4 Å². The molecule has 1 aliphatic rings. The molecule has 0 unspecified atom stereocenters. The molecule has 0 spiro atoms. The molecule has 160 valence electrons. The molecule has 1 heterocycles. The lowest BCUT2D eigenvalue weighted by Gasteiger charge is -2.32. The lowest BCUT2D eigenvalue weighted by molar-refractivity contribution is -0.134. The highest BCUT2D eigenvalue weighted by Crippen LogP contribution is 2.29. The Labute approximate surface area is 185 Å². The van der Waals surface area contributed by atoms with Crippen molar-refractivity contribution in [1.29, 1.82) is 0 Å². The number of rotatable bonds is 8. The van der Waals surface area contributed by atoms with E-state index >= 15 is 0 Å². The second-order valence-corrected chi connectivity index (χ2v) is 8.35. The van der Waals surface area contributed by atoms with Gasteiger partial charge in [0.15, 0.2) is 6.61 Å². The Morgan fingerprint density at radius 2 is 1.48 bits per heavy atom. The third kappa shape index (κ3) is 5.97. The number of carbonyl (C=O) groups is 1. The summed E-state index contributed by atoms with van der Waals surface area (Å²) in [6.07, 6.45) is 5.82. The van der Waals surface area contributed by atoms with Crippen molar-refractivity contribution in [3.63, 3.8) is 0 Å². The van der Waals surface area contributed by atoms with Gasteiger partial charge in [0.25, 0.3) is 5.91 Å². The van der Waals surface area contributed by atoms with E-state index in [0.717, 1.165) is 55.1 Å². The van der Waals surface area contributed by atoms with Crippen molar-refractivity contribution in [2.45, 2.75) is 32.1 Å². The van der Waals surface area contributed by atoms with Gasteiger partial charge in [0, 0.05) is 18.7 Å². The topological polar surface area (TPSA) is 29.5 Å². The van der Waals surface area contributed by atoms with Gasteiger partial charge >= 0.3 is 0 Å². The summed E-state index contributed by atoms with van der Waals surface area (Å²) in [7, 11) is 0. The zero-order chi connectivity index (χ0) is 21.3. The molecule has 0 bridgehead atoms. The predicted molar refractivity (Wildman–Crippen MR) is 126 cm³/mol. The van der Waals surface area contributed by atoms with Crippen LogP contribution < -0.4 is 4.74 Å². The fraction of sp³-hybridized carbons (Fsp3) is 0.321. The third-order valence-corrected chi connectivity index (χ3v) is 6.21. The van der Waals surface area contributed by atoms with Crippen LogP contribution >= 0.6 is 0 Å². The number of likely N-dealkylation sites (tertiary alicyclic amines) is 1. The van der Waals surface area contributed by atoms with Crippen molar-refractivity contribution >= 4 is 5.91 Å². The number of hydrogen-bond acceptors (Lipinski definition) is 2. The molecular formula is C28H31NO2. The van der Waals surface area contributed by atoms with Gasteiger partial charge in [-0.2, -0.15) is 0 Å². The summed E-state index contributed by atoms with van der Waals surface area (Å²) < 4.78 is 5.96. The van der Waals surface area contributed by atoms with Crippen LogP contribution in [0.2, 0.25) is 0 Å². The molecule has 3 aromatic carbocycles. The molecule has 0 radical (unpaired) electrons. The van der Waals surface area contributed by atoms with Crippen molar-refractivity contribution in [2.75, 3.05) is 19.7 Å². The van der Waals surface area contributed by atoms with Crippen molar-refractivity contribution in [3.8, 4) is 16.9 Å². The summed E-state index contributed by atoms with van der Waals surface area (Å²) in [5, 5.41) is 0. The number of amides is 1. The van der Waals surface area contributed by atoms with Gasteiger partial charge in [0.1, 0.15) is 5.75 Å². The van der Waals surface area contributed by atoms with Gasteiger partial charge in [-0.15, -0.1) is 0 Å². The summed E-state index contributed by atoms with van der Waals surface area (Å²) >= 11 is 0. The molecule has 4 rings (SSSR count). The fourth-order valence-electron chi connectivity index (χ4n) is 4.39. The van der Waals surface area contributed by atoms with Gasteiger partial charge < -0.3 is 9.64 Å². The number of carbonyl (C=O) groups excluding carboxylic acids is 1. The van der Waals surface area contributed by atoms with E-state index in [0.29, 0.717) is 0 Å². The van der Waals surface area contributed by atoms with Crippen LogP contribution in [0.25, 0.3) is 11.1 Å². The Kier molecular flexibility index (Phi) is 7.38. The Hall–Kier alpha value is -3.07. The molecule has 31 heavy (non-hydrogen) atoms. The summed E-state index contributed by atoms with van der Waals surface area (Å²) in [5.41, 5.74) is 3.54. The largest absolute Gasteiger partial charge is 0.483 e. The van der Waals surface area contributed by atoms with Crippen LogP contribution in [-0.2, 0) is 11.2 Å². The van der Waals surface area contributed by atoms with Gasteiger partial charge in [-0.1, -0.05) is 78.9 Å². The number of piperidine rings is 1. The molecule has 3 aromatic rings. The highest BCUT2D eigenvalue weighted by atomic mass is 16.5. The van der Waals surface area contributed by atoms with Crippen LogP contribution in [0.5, 0.6) is 5.75 Å². The Balaban J connectivity index is 1.22. The first kappa shape index (κ1) is 21.2. The maximum atomic E-state index is 12.7. The number of hydrogen-bond donors (Lipinski definition) is 0. The summed E-state index contributed by atoms with van der Waals surface area (Å²) in [5.74, 6) is 1.58. The first-order valence-corrected chi connectivity index (χ1v) is 11.4. The van der Waals surface area contributed by atoms with E-state index in [9.17, 15) is 4.79 Å². The van der Waals surface area contributed by atoms with Crippen molar-refractivity contribution in [3.05, 3.63) is 90.5 Å². The fourth-order valence-corrected chi connectivity index (χ4v) is 4.39. The normalized spacial score (nSPS) is 14.4. The number of nitrogens with zero attached hydrogens (tertiary/aromatic N) is 1. The van der Waals surface area contributed by atoms with Crippen molar-refractivity contribution in [2.24, 2.45) is 5.92 Å². The van der Waals surface area contributed by atoms with E-state index in [-0.39, 0.29) is 12.5 Å². The summed E-state index contributed by atoms with van der Waals surface area (Å²) in [6, 6.07) is 28.8. The number of benzene rings is 3. The molecule has 1 fully saturated rings. The Bertz CT molecular complexity index is 947. The molecule has 3 heteroatoms. The lowest BCUT2D eigenvalue weighted by Crippen LogP contribution is -2.41. The third-order valence-electron chi connectivity index (χ3n) is 6.21. The maximum Gasteiger partial charge on any atom is 0.260 e. The first-order chi connectivity index (χ1) is 15.3. The predicted octanol–water partition coefficient (Wildman–Crippen LogP) is 5.99. The van der Waals surface area contributed by atoms with Crippen molar-refractivity contribution < 1.29 is 9.53 Å². The molecule has 0 aliphatic carbocycles. The smallest absolute Gasteiger partial charge is 0.260 e. The number of ether oxygens (including phenoxy) is 1. The van der Waals surface area contributed by atoms with E-state index in [1.807, 2.05) is 47.4 Å². The first-order valence-electron chi connectivity index (χ1n) is 11.4. The molecule has 1 amide bonds. The lowest BCUT2D eigenvalue weighted by atomic mass is 9.91. The Morgan fingerprint density at radius 3 is 2.23 bits per heavy atom. The van der Waals surface area contributed by atoms with Crippen LogP contribution in [0.4, 0.5) is 0 Å². The SMILES string of the molecule is O=C(COc1ccccc1-c1ccccc1)N1CCC(CCCc2ccccc2)CC1. The van der Waals surface area contributed by atoms with Crippen LogP contribution in [0, 0.1) is 5.92 Å². The van der Waals surface area contributed by atoms with E-state index < -0.39 is 0 Å². The van der Waals surface area contributed by atoms with Gasteiger partial charge in [-0.25, -0.2) is 0 Å². The van der Waals surface area contributed by atoms with Crippen molar-refractivity contribution in [1.82, 2.24) is 4.90 Å². The average Bonchev–Trinajstić information content (AvgIpc) is 2.84. The van der Waals surface area contributed by atoms with Gasteiger partial charge in [-0.3, -0.25) is 4.79 Å². The molecule has 0 atom stereocenters. The zero-order valence-corrected chi connectivity index (χ0v) is 18.1. The highest BCUT2D eigenvalue weighted by Gasteiger charge is 2.23. The molecular weight excluding hydrogens is 382 g/mol. The van der Waals surface area contributed by atoms with E-state index in [1.54, 1.807) is 0 Å². The maximum absolute atomic E-state index is 12.7. The van der Waals surface area contributed by atoms with Gasteiger partial charge in [-0.05, 0) is 55.2 Å². The second kappa shape index (κ2) is 10.8. The van der Waals surface area contributed by atoms with Crippen LogP contribution in [0.15, 0.2) is 84.9 Å². The molecule has 1 aliphatic heterocycles. The van der Waals surface area contributed by atoms with Gasteiger partial charge in [0.2, 0.25) is 0 Å². The van der Waals surface area contributed by atoms with Gasteiger partial charge in [0.05, 0.1) is 0 Å². The molecule has 0 N–H and O–H groups in total. The average molecular weight is 414 g/mol. The molecule has 1 saturated heterocycles. The van der Waals surface area contributed by atoms with Crippen LogP contribution in [0.1, 0.15) is 31.2 Å². The summed E-state index contributed by atoms with van der Waals surface area (Å²) in [4.78, 5) is 14.7. The van der Waals surface area contributed by atoms with Crippen LogP contribution in [-0.4, -0.2) is 30.5 Å². The highest BCUT2D eigenvalue weighted by molar-refractivity contribution is 5.78. The number of aryl methyl sites for hydroxylation is 1. The summed E-state index contributed by atoms with van der Waals surface area (Å²) in [6.45, 7) is 1.79. The zero-order valence-electron chi connectivity index (χ0n) is 18.1. The minimum Gasteiger partial charge on any atom is -0.483 e. The second-order valence-electron chi connectivity index (χ2n) is 8.35. The minimum atomic E-state index is 0.0885. The number of para-hydroxylation sites is 1. The monoisotopic (exact) mass is 413 g/mol. The minimum absolute atomic E-state index is 0.0885. The molecule has 0 aromatic heterocycles. The Morgan fingerprint density at radius 1 is 0.839 bits per heavy atom. The molecule has 3 nitrogen and oxygen atoms in total. The van der Waals surface area contributed by atoms with E-state index in [2.05, 4.69) is 42.5 Å². The molecule has 0 saturated carbocycles. The quantitative estimate of drug-likeness (QED) is 0.454. The van der Waals surface area contributed by atoms with Crippen LogP contribution in [0.3, 0.4) is 0 Å². The standard InChI is InChI=1S/C28H31NO2/c30-28(22-31-27-17-8-7-16-26(27)25-14-5-2-6-15-25)29-20-18-24(19-21-29)13-9-12-23-10-3-1-4-11-23/h1-8,10-11,14-17,24H,9,12-13,18-22H2. The van der Waals surface area contributed by atoms with E-state index in [4.69, 9.17) is 4.74 Å².